The van der Waals surface area contributed by atoms with E-state index in [1.165, 1.54) is 7.11 Å². The quantitative estimate of drug-likeness (QED) is 0.430. The molecule has 0 spiro atoms. The highest BCUT2D eigenvalue weighted by molar-refractivity contribution is 5.92. The van der Waals surface area contributed by atoms with Crippen LogP contribution in [-0.2, 0) is 16.1 Å². The molecule has 2 aromatic carbocycles. The normalized spacial score (nSPS) is 10.8. The Morgan fingerprint density at radius 3 is 2.75 bits per heavy atom. The molecule has 3 rings (SSSR count). The first-order chi connectivity index (χ1) is 13.7. The highest BCUT2D eigenvalue weighted by atomic mass is 16.5. The minimum Gasteiger partial charge on any atom is -0.465 e. The van der Waals surface area contributed by atoms with Gasteiger partial charge in [0.2, 0.25) is 0 Å². The van der Waals surface area contributed by atoms with Crippen molar-refractivity contribution in [1.29, 1.82) is 0 Å². The first-order valence-electron chi connectivity index (χ1n) is 9.53. The van der Waals surface area contributed by atoms with E-state index < -0.39 is 0 Å². The lowest BCUT2D eigenvalue weighted by molar-refractivity contribution is 0.0591. The van der Waals surface area contributed by atoms with Crippen LogP contribution in [0.2, 0.25) is 0 Å². The van der Waals surface area contributed by atoms with E-state index in [2.05, 4.69) is 22.4 Å². The molecule has 0 radical (unpaired) electrons. The Labute approximate surface area is 165 Å². The number of fused-ring (bicyclic) bond motifs is 1. The van der Waals surface area contributed by atoms with Gasteiger partial charge in [0.15, 0.2) is 0 Å². The molecule has 0 unspecified atom stereocenters. The standard InChI is InChI=1S/C23H26N2O3/c1-17-8-7-10-19(22(17)23(26)27-2)16-28-15-6-5-14-24-21-13-12-18-9-3-4-11-20(18)25-21/h3-4,7-13H,5-6,14-16H2,1-2H3,(H,24,25). The number of nitrogens with one attached hydrogen (secondary N) is 1. The van der Waals surface area contributed by atoms with Crippen LogP contribution in [0.5, 0.6) is 0 Å². The van der Waals surface area contributed by atoms with E-state index in [-0.39, 0.29) is 5.97 Å². The number of aryl methyl sites for hydroxylation is 1. The van der Waals surface area contributed by atoms with Crippen molar-refractivity contribution in [2.45, 2.75) is 26.4 Å². The number of pyridine rings is 1. The molecule has 0 aliphatic rings. The first kappa shape index (κ1) is 19.8. The molecule has 28 heavy (non-hydrogen) atoms. The minimum atomic E-state index is -0.316. The molecule has 0 atom stereocenters. The number of esters is 1. The van der Waals surface area contributed by atoms with Gasteiger partial charge in [0.25, 0.3) is 0 Å². The summed E-state index contributed by atoms with van der Waals surface area (Å²) in [5, 5.41) is 4.50. The zero-order valence-electron chi connectivity index (χ0n) is 16.4. The number of aromatic nitrogens is 1. The Kier molecular flexibility index (Phi) is 6.98. The number of unbranched alkanes of at least 4 members (excludes halogenated alkanes) is 1. The zero-order valence-corrected chi connectivity index (χ0v) is 16.4. The minimum absolute atomic E-state index is 0.316. The number of hydrogen-bond donors (Lipinski definition) is 1. The average molecular weight is 378 g/mol. The summed E-state index contributed by atoms with van der Waals surface area (Å²) in [5.74, 6) is 0.575. The van der Waals surface area contributed by atoms with Crippen LogP contribution in [0.4, 0.5) is 5.82 Å². The molecule has 0 aliphatic carbocycles. The van der Waals surface area contributed by atoms with Crippen molar-refractivity contribution in [3.63, 3.8) is 0 Å². The number of benzene rings is 2. The molecule has 0 bridgehead atoms. The number of methoxy groups -OCH3 is 1. The fourth-order valence-electron chi connectivity index (χ4n) is 3.14. The Bertz CT molecular complexity index is 940. The maximum atomic E-state index is 12.0. The monoisotopic (exact) mass is 378 g/mol. The van der Waals surface area contributed by atoms with Crippen LogP contribution in [0.25, 0.3) is 10.9 Å². The molecule has 0 saturated heterocycles. The van der Waals surface area contributed by atoms with Gasteiger partial charge in [-0.1, -0.05) is 36.4 Å². The van der Waals surface area contributed by atoms with Crippen molar-refractivity contribution in [1.82, 2.24) is 4.98 Å². The van der Waals surface area contributed by atoms with Crippen LogP contribution in [0.15, 0.2) is 54.6 Å². The predicted octanol–water partition coefficient (Wildman–Crippen LogP) is 4.74. The second-order valence-electron chi connectivity index (χ2n) is 6.68. The van der Waals surface area contributed by atoms with Gasteiger partial charge in [-0.2, -0.15) is 0 Å². The van der Waals surface area contributed by atoms with Gasteiger partial charge in [-0.25, -0.2) is 9.78 Å². The Morgan fingerprint density at radius 1 is 1.04 bits per heavy atom. The summed E-state index contributed by atoms with van der Waals surface area (Å²) in [6, 6.07) is 17.9. The highest BCUT2D eigenvalue weighted by Gasteiger charge is 2.14. The summed E-state index contributed by atoms with van der Waals surface area (Å²) in [5.41, 5.74) is 3.37. The summed E-state index contributed by atoms with van der Waals surface area (Å²) in [4.78, 5) is 16.6. The van der Waals surface area contributed by atoms with E-state index in [9.17, 15) is 4.79 Å². The Morgan fingerprint density at radius 2 is 1.89 bits per heavy atom. The molecule has 146 valence electrons. The maximum Gasteiger partial charge on any atom is 0.338 e. The van der Waals surface area contributed by atoms with Gasteiger partial charge in [0.1, 0.15) is 5.82 Å². The van der Waals surface area contributed by atoms with E-state index in [0.717, 1.165) is 47.2 Å². The first-order valence-corrected chi connectivity index (χ1v) is 9.53. The summed E-state index contributed by atoms with van der Waals surface area (Å²) in [6.45, 7) is 3.79. The van der Waals surface area contributed by atoms with Gasteiger partial charge in [-0.05, 0) is 49.1 Å². The largest absolute Gasteiger partial charge is 0.465 e. The second kappa shape index (κ2) is 9.85. The van der Waals surface area contributed by atoms with Gasteiger partial charge in [0.05, 0.1) is 24.8 Å². The maximum absolute atomic E-state index is 12.0. The van der Waals surface area contributed by atoms with Crippen LogP contribution in [-0.4, -0.2) is 31.2 Å². The van der Waals surface area contributed by atoms with Gasteiger partial charge in [-0.15, -0.1) is 0 Å². The third-order valence-corrected chi connectivity index (χ3v) is 4.63. The molecule has 0 saturated carbocycles. The van der Waals surface area contributed by atoms with Gasteiger partial charge < -0.3 is 14.8 Å². The fourth-order valence-corrected chi connectivity index (χ4v) is 3.14. The summed E-state index contributed by atoms with van der Waals surface area (Å²) in [6.07, 6.45) is 1.91. The predicted molar refractivity (Wildman–Crippen MR) is 112 cm³/mol. The topological polar surface area (TPSA) is 60.5 Å². The number of anilines is 1. The molecule has 0 amide bonds. The van der Waals surface area contributed by atoms with Crippen LogP contribution in [0, 0.1) is 6.92 Å². The van der Waals surface area contributed by atoms with Crippen molar-refractivity contribution in [2.75, 3.05) is 25.6 Å². The van der Waals surface area contributed by atoms with E-state index in [1.54, 1.807) is 0 Å². The number of rotatable bonds is 9. The molecule has 1 heterocycles. The number of nitrogens with zero attached hydrogens (tertiary/aromatic N) is 1. The van der Waals surface area contributed by atoms with Crippen LogP contribution < -0.4 is 5.32 Å². The van der Waals surface area contributed by atoms with E-state index in [4.69, 9.17) is 9.47 Å². The Hall–Kier alpha value is -2.92. The molecule has 1 aromatic heterocycles. The highest BCUT2D eigenvalue weighted by Crippen LogP contribution is 2.17. The second-order valence-corrected chi connectivity index (χ2v) is 6.68. The molecule has 0 fully saturated rings. The summed E-state index contributed by atoms with van der Waals surface area (Å²) < 4.78 is 10.6. The Balaban J connectivity index is 1.39. The number of carbonyl (C=O) groups excluding carboxylic acids is 1. The molecular weight excluding hydrogens is 352 g/mol. The van der Waals surface area contributed by atoms with E-state index in [0.29, 0.717) is 18.8 Å². The molecule has 1 N–H and O–H groups in total. The number of ether oxygens (including phenoxy) is 2. The van der Waals surface area contributed by atoms with Crippen molar-refractivity contribution in [3.05, 3.63) is 71.3 Å². The average Bonchev–Trinajstić information content (AvgIpc) is 2.72. The van der Waals surface area contributed by atoms with Crippen molar-refractivity contribution in [2.24, 2.45) is 0 Å². The van der Waals surface area contributed by atoms with Crippen LogP contribution in [0.3, 0.4) is 0 Å². The van der Waals surface area contributed by atoms with Gasteiger partial charge >= 0.3 is 5.97 Å². The summed E-state index contributed by atoms with van der Waals surface area (Å²) >= 11 is 0. The lowest BCUT2D eigenvalue weighted by Crippen LogP contribution is -2.10. The van der Waals surface area contributed by atoms with Crippen LogP contribution >= 0.6 is 0 Å². The van der Waals surface area contributed by atoms with Crippen molar-refractivity contribution >= 4 is 22.7 Å². The molecule has 0 aliphatic heterocycles. The SMILES string of the molecule is COC(=O)c1c(C)cccc1COCCCCNc1ccc2ccccc2n1. The lowest BCUT2D eigenvalue weighted by Gasteiger charge is -2.11. The van der Waals surface area contributed by atoms with Gasteiger partial charge in [0, 0.05) is 18.5 Å². The molecular formula is C23H26N2O3. The molecule has 5 heteroatoms. The number of para-hydroxylation sites is 1. The number of hydrogen-bond acceptors (Lipinski definition) is 5. The van der Waals surface area contributed by atoms with E-state index >= 15 is 0 Å². The van der Waals surface area contributed by atoms with E-state index in [1.807, 2.05) is 49.4 Å². The number of carbonyl (C=O) groups is 1. The smallest absolute Gasteiger partial charge is 0.338 e. The van der Waals surface area contributed by atoms with Crippen molar-refractivity contribution in [3.8, 4) is 0 Å². The van der Waals surface area contributed by atoms with Crippen molar-refractivity contribution < 1.29 is 14.3 Å². The fraction of sp³-hybridized carbons (Fsp3) is 0.304. The zero-order chi connectivity index (χ0) is 19.8. The van der Waals surface area contributed by atoms with Gasteiger partial charge in [-0.3, -0.25) is 0 Å². The lowest BCUT2D eigenvalue weighted by atomic mass is 10.0. The molecule has 5 nitrogen and oxygen atoms in total. The third kappa shape index (κ3) is 5.08. The molecule has 3 aromatic rings. The summed E-state index contributed by atoms with van der Waals surface area (Å²) in [7, 11) is 1.40. The third-order valence-electron chi connectivity index (χ3n) is 4.63. The van der Waals surface area contributed by atoms with Crippen LogP contribution in [0.1, 0.15) is 34.3 Å².